The lowest BCUT2D eigenvalue weighted by Crippen LogP contribution is -2.30. The summed E-state index contributed by atoms with van der Waals surface area (Å²) in [4.78, 5) is 22.5. The van der Waals surface area contributed by atoms with E-state index >= 15 is 0 Å². The van der Waals surface area contributed by atoms with Crippen LogP contribution in [0.1, 0.15) is 29.8 Å². The molecule has 0 radical (unpaired) electrons. The van der Waals surface area contributed by atoms with Crippen LogP contribution in [0.15, 0.2) is 47.4 Å². The minimum atomic E-state index is -3.68. The molecule has 0 spiro atoms. The van der Waals surface area contributed by atoms with Gasteiger partial charge in [-0.25, -0.2) is 17.5 Å². The number of nitro groups is 1. The zero-order valence-corrected chi connectivity index (χ0v) is 15.4. The van der Waals surface area contributed by atoms with Gasteiger partial charge in [0.1, 0.15) is 5.82 Å². The van der Waals surface area contributed by atoms with Gasteiger partial charge in [0, 0.05) is 24.2 Å². The lowest BCUT2D eigenvalue weighted by Gasteiger charge is -2.10. The molecule has 0 aliphatic heterocycles. The molecule has 10 heteroatoms. The summed E-state index contributed by atoms with van der Waals surface area (Å²) in [5.74, 6) is -1.23. The first-order valence-corrected chi connectivity index (χ1v) is 9.42. The lowest BCUT2D eigenvalue weighted by molar-refractivity contribution is -0.385. The largest absolute Gasteiger partial charge is 0.348 e. The highest BCUT2D eigenvalue weighted by Gasteiger charge is 2.18. The van der Waals surface area contributed by atoms with E-state index < -0.39 is 26.7 Å². The molecule has 0 aliphatic rings. The molecule has 2 aromatic rings. The Morgan fingerprint density at radius 2 is 1.81 bits per heavy atom. The number of benzene rings is 2. The van der Waals surface area contributed by atoms with Gasteiger partial charge in [-0.3, -0.25) is 14.9 Å². The molecule has 0 unspecified atom stereocenters. The van der Waals surface area contributed by atoms with E-state index in [1.165, 1.54) is 24.3 Å². The van der Waals surface area contributed by atoms with Gasteiger partial charge in [0.2, 0.25) is 10.0 Å². The Labute approximate surface area is 155 Å². The highest BCUT2D eigenvalue weighted by Crippen LogP contribution is 2.19. The van der Waals surface area contributed by atoms with E-state index in [-0.39, 0.29) is 34.3 Å². The van der Waals surface area contributed by atoms with Crippen molar-refractivity contribution < 1.29 is 22.5 Å². The van der Waals surface area contributed by atoms with Crippen LogP contribution in [-0.4, -0.2) is 25.3 Å². The van der Waals surface area contributed by atoms with Crippen LogP contribution in [0.3, 0.4) is 0 Å². The first-order valence-electron chi connectivity index (χ1n) is 7.93. The molecule has 0 heterocycles. The average molecular weight is 395 g/mol. The fraction of sp³-hybridized carbons (Fsp3) is 0.235. The predicted octanol–water partition coefficient (Wildman–Crippen LogP) is 2.35. The van der Waals surface area contributed by atoms with E-state index in [1.807, 2.05) is 0 Å². The number of amides is 1. The van der Waals surface area contributed by atoms with Crippen LogP contribution in [-0.2, 0) is 16.6 Å². The van der Waals surface area contributed by atoms with Crippen molar-refractivity contribution in [2.75, 3.05) is 0 Å². The van der Waals surface area contributed by atoms with Crippen molar-refractivity contribution in [3.63, 3.8) is 0 Å². The van der Waals surface area contributed by atoms with Crippen LogP contribution in [0.5, 0.6) is 0 Å². The van der Waals surface area contributed by atoms with E-state index in [0.29, 0.717) is 0 Å². The fourth-order valence-electron chi connectivity index (χ4n) is 2.32. The number of hydrogen-bond acceptors (Lipinski definition) is 5. The van der Waals surface area contributed by atoms with Gasteiger partial charge < -0.3 is 5.32 Å². The van der Waals surface area contributed by atoms with Gasteiger partial charge >= 0.3 is 0 Å². The van der Waals surface area contributed by atoms with Crippen LogP contribution in [0.25, 0.3) is 0 Å². The minimum absolute atomic E-state index is 0.00789. The van der Waals surface area contributed by atoms with Crippen molar-refractivity contribution >= 4 is 21.6 Å². The predicted molar refractivity (Wildman–Crippen MR) is 96.1 cm³/mol. The molecule has 0 aromatic heterocycles. The number of halogens is 1. The van der Waals surface area contributed by atoms with Crippen molar-refractivity contribution in [1.29, 1.82) is 0 Å². The minimum Gasteiger partial charge on any atom is -0.348 e. The molecular formula is C17H18FN3O5S. The van der Waals surface area contributed by atoms with Crippen molar-refractivity contribution in [2.24, 2.45) is 0 Å². The molecule has 2 rings (SSSR count). The molecule has 0 bridgehead atoms. The molecule has 27 heavy (non-hydrogen) atoms. The molecule has 0 aliphatic carbocycles. The zero-order valence-electron chi connectivity index (χ0n) is 14.6. The zero-order chi connectivity index (χ0) is 20.2. The van der Waals surface area contributed by atoms with Gasteiger partial charge in [0.05, 0.1) is 15.4 Å². The maximum absolute atomic E-state index is 13.3. The van der Waals surface area contributed by atoms with Crippen molar-refractivity contribution in [3.05, 3.63) is 69.5 Å². The Bertz CT molecular complexity index is 959. The first kappa shape index (κ1) is 20.5. The summed E-state index contributed by atoms with van der Waals surface area (Å²) in [5, 5.41) is 13.4. The van der Waals surface area contributed by atoms with E-state index in [9.17, 15) is 27.7 Å². The van der Waals surface area contributed by atoms with Crippen LogP contribution in [0.2, 0.25) is 0 Å². The monoisotopic (exact) mass is 395 g/mol. The van der Waals surface area contributed by atoms with Gasteiger partial charge in [-0.2, -0.15) is 0 Å². The summed E-state index contributed by atoms with van der Waals surface area (Å²) in [6, 6.07) is 7.90. The Balaban J connectivity index is 2.12. The Morgan fingerprint density at radius 1 is 1.19 bits per heavy atom. The van der Waals surface area contributed by atoms with E-state index in [2.05, 4.69) is 10.0 Å². The summed E-state index contributed by atoms with van der Waals surface area (Å²) in [6.45, 7) is 3.12. The van der Waals surface area contributed by atoms with E-state index in [1.54, 1.807) is 13.8 Å². The van der Waals surface area contributed by atoms with Crippen molar-refractivity contribution in [1.82, 2.24) is 10.0 Å². The number of rotatable bonds is 7. The highest BCUT2D eigenvalue weighted by atomic mass is 32.2. The second kappa shape index (κ2) is 8.23. The Hall–Kier alpha value is -2.85. The van der Waals surface area contributed by atoms with E-state index in [0.717, 1.165) is 18.2 Å². The normalized spacial score (nSPS) is 11.4. The first-order chi connectivity index (χ1) is 12.6. The van der Waals surface area contributed by atoms with Crippen molar-refractivity contribution in [2.45, 2.75) is 31.3 Å². The van der Waals surface area contributed by atoms with Crippen LogP contribution >= 0.6 is 0 Å². The number of sulfonamides is 1. The summed E-state index contributed by atoms with van der Waals surface area (Å²) in [5.41, 5.74) is -0.121. The maximum atomic E-state index is 13.3. The number of nitro benzene ring substituents is 1. The van der Waals surface area contributed by atoms with Crippen LogP contribution < -0.4 is 10.0 Å². The van der Waals surface area contributed by atoms with Gasteiger partial charge in [-0.05, 0) is 50.2 Å². The molecular weight excluding hydrogens is 377 g/mol. The lowest BCUT2D eigenvalue weighted by atomic mass is 10.1. The van der Waals surface area contributed by atoms with Gasteiger partial charge in [0.15, 0.2) is 0 Å². The highest BCUT2D eigenvalue weighted by molar-refractivity contribution is 7.89. The van der Waals surface area contributed by atoms with Crippen molar-refractivity contribution in [3.8, 4) is 0 Å². The van der Waals surface area contributed by atoms with Gasteiger partial charge in [-0.15, -0.1) is 0 Å². The second-order valence-corrected chi connectivity index (χ2v) is 7.73. The summed E-state index contributed by atoms with van der Waals surface area (Å²) in [7, 11) is -3.68. The molecule has 0 fully saturated rings. The van der Waals surface area contributed by atoms with Crippen LogP contribution in [0.4, 0.5) is 10.1 Å². The number of nitrogens with zero attached hydrogens (tertiary/aromatic N) is 1. The second-order valence-electron chi connectivity index (χ2n) is 6.01. The summed E-state index contributed by atoms with van der Waals surface area (Å²) in [6.07, 6.45) is 0. The molecule has 0 saturated carbocycles. The smallest absolute Gasteiger partial charge is 0.274 e. The van der Waals surface area contributed by atoms with Gasteiger partial charge in [-0.1, -0.05) is 0 Å². The third kappa shape index (κ3) is 5.31. The topological polar surface area (TPSA) is 118 Å². The molecule has 8 nitrogen and oxygen atoms in total. The molecule has 144 valence electrons. The Morgan fingerprint density at radius 3 is 2.37 bits per heavy atom. The number of carbonyl (C=O) groups is 1. The van der Waals surface area contributed by atoms with E-state index in [4.69, 9.17) is 0 Å². The number of nitrogens with one attached hydrogen (secondary N) is 2. The molecule has 2 N–H and O–H groups in total. The molecule has 1 amide bonds. The van der Waals surface area contributed by atoms with Crippen LogP contribution in [0, 0.1) is 15.9 Å². The van der Waals surface area contributed by atoms with Gasteiger partial charge in [0.25, 0.3) is 11.6 Å². The number of carbonyl (C=O) groups excluding carboxylic acids is 1. The standard InChI is InChI=1S/C17H18FN3O5S/c1-11(2)20-27(25,26)15-6-3-12(4-7-15)17(22)19-10-13-9-14(18)5-8-16(13)21(23)24/h3-9,11,20H,10H2,1-2H3,(H,19,22). The maximum Gasteiger partial charge on any atom is 0.274 e. The molecule has 2 aromatic carbocycles. The fourth-order valence-corrected chi connectivity index (χ4v) is 3.57. The summed E-state index contributed by atoms with van der Waals surface area (Å²) < 4.78 is 39.8. The third-order valence-electron chi connectivity index (χ3n) is 3.50. The Kier molecular flexibility index (Phi) is 6.24. The molecule has 0 atom stereocenters. The molecule has 0 saturated heterocycles. The average Bonchev–Trinajstić information content (AvgIpc) is 2.58. The number of hydrogen-bond donors (Lipinski definition) is 2. The third-order valence-corrected chi connectivity index (χ3v) is 5.17. The quantitative estimate of drug-likeness (QED) is 0.551. The SMILES string of the molecule is CC(C)NS(=O)(=O)c1ccc(C(=O)NCc2cc(F)ccc2[N+](=O)[O-])cc1. The summed E-state index contributed by atoms with van der Waals surface area (Å²) >= 11 is 0.